The molecule has 1 saturated heterocycles. The lowest BCUT2D eigenvalue weighted by Gasteiger charge is -2.39. The van der Waals surface area contributed by atoms with Crippen molar-refractivity contribution in [1.82, 2.24) is 9.80 Å². The zero-order chi connectivity index (χ0) is 24.8. The minimum atomic E-state index is 0.338. The van der Waals surface area contributed by atoms with Crippen molar-refractivity contribution in [2.24, 2.45) is 5.92 Å². The molecular formula is C30H43N3O2. The maximum absolute atomic E-state index is 5.58. The van der Waals surface area contributed by atoms with Gasteiger partial charge in [-0.05, 0) is 87.5 Å². The first kappa shape index (κ1) is 25.6. The Balaban J connectivity index is 1.31. The molecule has 5 nitrogen and oxygen atoms in total. The van der Waals surface area contributed by atoms with E-state index in [1.54, 1.807) is 0 Å². The Morgan fingerprint density at radius 3 is 2.37 bits per heavy atom. The van der Waals surface area contributed by atoms with Gasteiger partial charge < -0.3 is 14.4 Å². The molecule has 2 aromatic rings. The van der Waals surface area contributed by atoms with Gasteiger partial charge in [0.05, 0.1) is 0 Å². The number of rotatable bonds is 10. The summed E-state index contributed by atoms with van der Waals surface area (Å²) in [6.07, 6.45) is 5.93. The summed E-state index contributed by atoms with van der Waals surface area (Å²) in [7, 11) is 4.19. The predicted molar refractivity (Wildman–Crippen MR) is 146 cm³/mol. The average Bonchev–Trinajstić information content (AvgIpc) is 3.30. The largest absolute Gasteiger partial charge is 0.454 e. The minimum absolute atomic E-state index is 0.338. The second kappa shape index (κ2) is 12.0. The van der Waals surface area contributed by atoms with Crippen LogP contribution >= 0.6 is 0 Å². The lowest BCUT2D eigenvalue weighted by atomic mass is 9.97. The summed E-state index contributed by atoms with van der Waals surface area (Å²) in [6, 6.07) is 16.1. The summed E-state index contributed by atoms with van der Waals surface area (Å²) in [5.74, 6) is 2.33. The third-order valence-electron chi connectivity index (χ3n) is 7.23. The topological polar surface area (TPSA) is 28.2 Å². The van der Waals surface area contributed by atoms with Crippen LogP contribution in [0.15, 0.2) is 54.1 Å². The Morgan fingerprint density at radius 2 is 1.69 bits per heavy atom. The van der Waals surface area contributed by atoms with Crippen LogP contribution in [0.4, 0.5) is 5.69 Å². The van der Waals surface area contributed by atoms with Crippen molar-refractivity contribution in [2.45, 2.75) is 52.6 Å². The molecule has 1 unspecified atom stereocenters. The van der Waals surface area contributed by atoms with Gasteiger partial charge in [0, 0.05) is 45.5 Å². The van der Waals surface area contributed by atoms with E-state index in [-0.39, 0.29) is 0 Å². The molecule has 4 rings (SSSR count). The summed E-state index contributed by atoms with van der Waals surface area (Å²) in [6.45, 7) is 12.7. The van der Waals surface area contributed by atoms with E-state index in [0.29, 0.717) is 18.8 Å². The molecule has 0 bridgehead atoms. The van der Waals surface area contributed by atoms with Crippen LogP contribution in [0.3, 0.4) is 0 Å². The molecule has 2 aromatic carbocycles. The smallest absolute Gasteiger partial charge is 0.231 e. The molecule has 190 valence electrons. The Hall–Kier alpha value is -2.50. The summed E-state index contributed by atoms with van der Waals surface area (Å²) < 4.78 is 11.1. The van der Waals surface area contributed by atoms with Gasteiger partial charge in [-0.15, -0.1) is 0 Å². The van der Waals surface area contributed by atoms with Crippen LogP contribution in [-0.4, -0.2) is 62.9 Å². The predicted octanol–water partition coefficient (Wildman–Crippen LogP) is 5.59. The maximum atomic E-state index is 5.58. The third kappa shape index (κ3) is 7.25. The van der Waals surface area contributed by atoms with Crippen LogP contribution in [0.5, 0.6) is 11.5 Å². The monoisotopic (exact) mass is 477 g/mol. The Kier molecular flexibility index (Phi) is 8.74. The minimum Gasteiger partial charge on any atom is -0.454 e. The van der Waals surface area contributed by atoms with Gasteiger partial charge in [-0.25, -0.2) is 0 Å². The van der Waals surface area contributed by atoms with Crippen LogP contribution in [0.25, 0.3) is 0 Å². The van der Waals surface area contributed by atoms with Crippen molar-refractivity contribution >= 4 is 5.69 Å². The van der Waals surface area contributed by atoms with Gasteiger partial charge in [0.2, 0.25) is 6.79 Å². The third-order valence-corrected chi connectivity index (χ3v) is 7.23. The molecule has 2 aliphatic heterocycles. The molecule has 0 spiro atoms. The van der Waals surface area contributed by atoms with Gasteiger partial charge in [-0.3, -0.25) is 9.80 Å². The van der Waals surface area contributed by atoms with Crippen molar-refractivity contribution < 1.29 is 9.47 Å². The second-order valence-corrected chi connectivity index (χ2v) is 10.8. The first-order valence-electron chi connectivity index (χ1n) is 13.1. The SMILES string of the molecule is CC(C)=CCN(CC(C)Cc1ccc2c(c1)OCO2)C1CCN(Cc2ccc(N(C)C)cc2)CC1. The van der Waals surface area contributed by atoms with Crippen LogP contribution in [0.1, 0.15) is 44.7 Å². The van der Waals surface area contributed by atoms with Crippen LogP contribution in [0.2, 0.25) is 0 Å². The van der Waals surface area contributed by atoms with Crippen molar-refractivity contribution in [3.63, 3.8) is 0 Å². The van der Waals surface area contributed by atoms with Gasteiger partial charge in [0.25, 0.3) is 0 Å². The number of allylic oxidation sites excluding steroid dienone is 1. The van der Waals surface area contributed by atoms with E-state index in [2.05, 4.69) is 98.1 Å². The number of anilines is 1. The van der Waals surface area contributed by atoms with Crippen molar-refractivity contribution in [2.75, 3.05) is 52.0 Å². The Morgan fingerprint density at radius 1 is 1.00 bits per heavy atom. The number of hydrogen-bond acceptors (Lipinski definition) is 5. The number of likely N-dealkylation sites (tertiary alicyclic amines) is 1. The van der Waals surface area contributed by atoms with Gasteiger partial charge in [-0.2, -0.15) is 0 Å². The highest BCUT2D eigenvalue weighted by Gasteiger charge is 2.25. The molecule has 0 aliphatic carbocycles. The van der Waals surface area contributed by atoms with E-state index < -0.39 is 0 Å². The van der Waals surface area contributed by atoms with Gasteiger partial charge in [-0.1, -0.05) is 36.8 Å². The standard InChI is InChI=1S/C30H43N3O2/c1-23(2)12-17-33(20-24(3)18-26-8-11-29-30(19-26)35-22-34-29)28-13-15-32(16-14-28)21-25-6-9-27(10-7-25)31(4)5/h6-12,19,24,28H,13-18,20-22H2,1-5H3. The van der Waals surface area contributed by atoms with E-state index in [4.69, 9.17) is 9.47 Å². The fourth-order valence-corrected chi connectivity index (χ4v) is 5.21. The number of benzene rings is 2. The number of fused-ring (bicyclic) bond motifs is 1. The van der Waals surface area contributed by atoms with Crippen molar-refractivity contribution in [3.05, 3.63) is 65.2 Å². The molecule has 0 amide bonds. The summed E-state index contributed by atoms with van der Waals surface area (Å²) in [5.41, 5.74) is 5.40. The fourth-order valence-electron chi connectivity index (χ4n) is 5.21. The molecule has 1 atom stereocenters. The lowest BCUT2D eigenvalue weighted by Crippen LogP contribution is -2.46. The summed E-state index contributed by atoms with van der Waals surface area (Å²) >= 11 is 0. The van der Waals surface area contributed by atoms with Gasteiger partial charge in [0.15, 0.2) is 11.5 Å². The van der Waals surface area contributed by atoms with Crippen LogP contribution in [0, 0.1) is 5.92 Å². The normalized spacial score (nSPS) is 17.0. The Bertz CT molecular complexity index is 974. The highest BCUT2D eigenvalue weighted by atomic mass is 16.7. The molecule has 0 aromatic heterocycles. The van der Waals surface area contributed by atoms with Crippen LogP contribution in [-0.2, 0) is 13.0 Å². The lowest BCUT2D eigenvalue weighted by molar-refractivity contribution is 0.102. The zero-order valence-electron chi connectivity index (χ0n) is 22.3. The van der Waals surface area contributed by atoms with E-state index in [9.17, 15) is 0 Å². The molecule has 2 aliphatic rings. The number of hydrogen-bond donors (Lipinski definition) is 0. The highest BCUT2D eigenvalue weighted by Crippen LogP contribution is 2.33. The first-order valence-corrected chi connectivity index (χ1v) is 13.1. The van der Waals surface area contributed by atoms with E-state index >= 15 is 0 Å². The Labute approximate surface area is 212 Å². The summed E-state index contributed by atoms with van der Waals surface area (Å²) in [4.78, 5) is 7.51. The molecule has 0 N–H and O–H groups in total. The average molecular weight is 478 g/mol. The fraction of sp³-hybridized carbons (Fsp3) is 0.533. The maximum Gasteiger partial charge on any atom is 0.231 e. The number of nitrogens with zero attached hydrogens (tertiary/aromatic N) is 3. The molecule has 2 heterocycles. The van der Waals surface area contributed by atoms with Crippen molar-refractivity contribution in [3.8, 4) is 11.5 Å². The highest BCUT2D eigenvalue weighted by molar-refractivity contribution is 5.46. The molecule has 35 heavy (non-hydrogen) atoms. The quantitative estimate of drug-likeness (QED) is 0.416. The van der Waals surface area contributed by atoms with E-state index in [1.165, 1.54) is 48.3 Å². The van der Waals surface area contributed by atoms with E-state index in [0.717, 1.165) is 37.6 Å². The second-order valence-electron chi connectivity index (χ2n) is 10.8. The van der Waals surface area contributed by atoms with Gasteiger partial charge >= 0.3 is 0 Å². The molecular weight excluding hydrogens is 434 g/mol. The zero-order valence-corrected chi connectivity index (χ0v) is 22.3. The van der Waals surface area contributed by atoms with Gasteiger partial charge in [0.1, 0.15) is 0 Å². The van der Waals surface area contributed by atoms with E-state index in [1.807, 2.05) is 0 Å². The summed E-state index contributed by atoms with van der Waals surface area (Å²) in [5, 5.41) is 0. The number of piperidine rings is 1. The van der Waals surface area contributed by atoms with Crippen LogP contribution < -0.4 is 14.4 Å². The molecule has 0 radical (unpaired) electrons. The molecule has 1 fully saturated rings. The number of ether oxygens (including phenoxy) is 2. The van der Waals surface area contributed by atoms with Crippen molar-refractivity contribution in [1.29, 1.82) is 0 Å². The molecule has 0 saturated carbocycles. The first-order chi connectivity index (χ1) is 16.9. The molecule has 5 heteroatoms.